The molecule has 0 fully saturated rings. The lowest BCUT2D eigenvalue weighted by molar-refractivity contribution is -0.139. The number of thiazole rings is 1. The summed E-state index contributed by atoms with van der Waals surface area (Å²) in [5, 5.41) is 0.580. The van der Waals surface area contributed by atoms with Crippen LogP contribution in [-0.4, -0.2) is 24.3 Å². The molecule has 9 heteroatoms. The lowest BCUT2D eigenvalue weighted by Gasteiger charge is -2.24. The van der Waals surface area contributed by atoms with Crippen LogP contribution in [0.5, 0.6) is 5.75 Å². The van der Waals surface area contributed by atoms with Gasteiger partial charge in [-0.2, -0.15) is 0 Å². The van der Waals surface area contributed by atoms with Crippen LogP contribution in [0.4, 0.5) is 0 Å². The van der Waals surface area contributed by atoms with E-state index < -0.39 is 12.0 Å². The Labute approximate surface area is 227 Å². The molecule has 0 amide bonds. The van der Waals surface area contributed by atoms with Crippen molar-refractivity contribution in [1.82, 2.24) is 4.57 Å². The number of fused-ring (bicyclic) bond motifs is 1. The highest BCUT2D eigenvalue weighted by atomic mass is 35.5. The van der Waals surface area contributed by atoms with E-state index in [1.165, 1.54) is 15.9 Å². The lowest BCUT2D eigenvalue weighted by Crippen LogP contribution is -2.39. The molecule has 38 heavy (non-hydrogen) atoms. The first-order chi connectivity index (χ1) is 18.3. The van der Waals surface area contributed by atoms with Crippen LogP contribution in [0.15, 0.2) is 80.1 Å². The molecule has 194 valence electrons. The van der Waals surface area contributed by atoms with Crippen LogP contribution in [0.25, 0.3) is 17.4 Å². The number of rotatable bonds is 6. The van der Waals surface area contributed by atoms with Crippen molar-refractivity contribution in [1.29, 1.82) is 0 Å². The van der Waals surface area contributed by atoms with Crippen molar-refractivity contribution in [3.63, 3.8) is 0 Å². The van der Waals surface area contributed by atoms with Gasteiger partial charge in [-0.05, 0) is 62.7 Å². The molecular formula is C29H25ClN2O5S. The van der Waals surface area contributed by atoms with E-state index in [0.29, 0.717) is 48.5 Å². The molecule has 0 spiro atoms. The molecule has 0 saturated carbocycles. The molecule has 0 aliphatic carbocycles. The first kappa shape index (κ1) is 25.8. The zero-order valence-electron chi connectivity index (χ0n) is 21.3. The van der Waals surface area contributed by atoms with Crippen molar-refractivity contribution in [2.45, 2.75) is 26.8 Å². The van der Waals surface area contributed by atoms with E-state index in [9.17, 15) is 9.59 Å². The molecule has 1 atom stereocenters. The van der Waals surface area contributed by atoms with Gasteiger partial charge in [-0.15, -0.1) is 0 Å². The second-order valence-corrected chi connectivity index (χ2v) is 10.2. The number of esters is 1. The molecule has 0 saturated heterocycles. The first-order valence-electron chi connectivity index (χ1n) is 12.0. The maximum absolute atomic E-state index is 13.8. The van der Waals surface area contributed by atoms with E-state index in [-0.39, 0.29) is 12.2 Å². The fourth-order valence-corrected chi connectivity index (χ4v) is 5.69. The number of hydrogen-bond donors (Lipinski definition) is 0. The van der Waals surface area contributed by atoms with Gasteiger partial charge in [0.05, 0.1) is 40.6 Å². The number of carbonyl (C=O) groups excluding carboxylic acids is 1. The van der Waals surface area contributed by atoms with Gasteiger partial charge in [-0.25, -0.2) is 9.79 Å². The minimum absolute atomic E-state index is 0.205. The Kier molecular flexibility index (Phi) is 7.10. The van der Waals surface area contributed by atoms with Gasteiger partial charge in [0.1, 0.15) is 17.3 Å². The SMILES string of the molecule is CCOC(=O)C1=C(C)N=c2s/c(=C\c3ccc(-c4cc(C)ccc4Cl)o3)c(=O)n2[C@H]1c1cccc(OC)c1. The third-order valence-electron chi connectivity index (χ3n) is 6.21. The van der Waals surface area contributed by atoms with E-state index in [0.717, 1.165) is 11.1 Å². The van der Waals surface area contributed by atoms with Crippen LogP contribution in [-0.2, 0) is 9.53 Å². The van der Waals surface area contributed by atoms with Gasteiger partial charge in [0, 0.05) is 11.6 Å². The number of aryl methyl sites for hydroxylation is 1. The average molecular weight is 549 g/mol. The molecule has 0 N–H and O–H groups in total. The molecule has 5 rings (SSSR count). The normalized spacial score (nSPS) is 15.3. The van der Waals surface area contributed by atoms with Crippen LogP contribution in [0, 0.1) is 6.92 Å². The van der Waals surface area contributed by atoms with Crippen molar-refractivity contribution >= 4 is 35.0 Å². The average Bonchev–Trinajstić information content (AvgIpc) is 3.49. The van der Waals surface area contributed by atoms with Gasteiger partial charge in [0.25, 0.3) is 5.56 Å². The smallest absolute Gasteiger partial charge is 0.338 e. The van der Waals surface area contributed by atoms with Gasteiger partial charge in [-0.3, -0.25) is 9.36 Å². The molecule has 1 aliphatic rings. The number of ether oxygens (including phenoxy) is 2. The van der Waals surface area contributed by atoms with Crippen molar-refractivity contribution in [3.05, 3.63) is 107 Å². The number of hydrogen-bond acceptors (Lipinski definition) is 7. The number of benzene rings is 2. The number of halogens is 1. The van der Waals surface area contributed by atoms with Crippen molar-refractivity contribution < 1.29 is 18.7 Å². The van der Waals surface area contributed by atoms with E-state index in [1.54, 1.807) is 33.1 Å². The maximum Gasteiger partial charge on any atom is 0.338 e. The van der Waals surface area contributed by atoms with E-state index in [2.05, 4.69) is 4.99 Å². The second-order valence-electron chi connectivity index (χ2n) is 8.76. The van der Waals surface area contributed by atoms with Gasteiger partial charge >= 0.3 is 5.97 Å². The van der Waals surface area contributed by atoms with Crippen molar-refractivity contribution in [3.8, 4) is 17.1 Å². The van der Waals surface area contributed by atoms with E-state index >= 15 is 0 Å². The van der Waals surface area contributed by atoms with Gasteiger partial charge in [-0.1, -0.05) is 46.7 Å². The van der Waals surface area contributed by atoms with Gasteiger partial charge in [0.15, 0.2) is 4.80 Å². The molecule has 1 aliphatic heterocycles. The summed E-state index contributed by atoms with van der Waals surface area (Å²) in [4.78, 5) is 31.9. The summed E-state index contributed by atoms with van der Waals surface area (Å²) in [7, 11) is 1.57. The van der Waals surface area contributed by atoms with Gasteiger partial charge < -0.3 is 13.9 Å². The Balaban J connectivity index is 1.65. The topological polar surface area (TPSA) is 83.0 Å². The lowest BCUT2D eigenvalue weighted by atomic mass is 9.95. The van der Waals surface area contributed by atoms with Crippen molar-refractivity contribution in [2.75, 3.05) is 13.7 Å². The largest absolute Gasteiger partial charge is 0.497 e. The third-order valence-corrected chi connectivity index (χ3v) is 7.53. The number of allylic oxidation sites excluding steroid dienone is 1. The molecular weight excluding hydrogens is 524 g/mol. The number of carbonyl (C=O) groups is 1. The monoisotopic (exact) mass is 548 g/mol. The van der Waals surface area contributed by atoms with Crippen LogP contribution in [0.2, 0.25) is 5.02 Å². The van der Waals surface area contributed by atoms with Gasteiger partial charge in [0.2, 0.25) is 0 Å². The standard InChI is InChI=1S/C29H25ClN2O5S/c1-5-36-28(34)25-17(3)31-29-32(26(25)18-7-6-8-19(14-18)35-4)27(33)24(38-29)15-20-10-12-23(37-20)21-13-16(2)9-11-22(21)30/h6-15,26H,5H2,1-4H3/b24-15-/t26-/m0/s1. The molecule has 7 nitrogen and oxygen atoms in total. The summed E-state index contributed by atoms with van der Waals surface area (Å²) in [6, 6.07) is 15.9. The summed E-state index contributed by atoms with van der Waals surface area (Å²) in [6.07, 6.45) is 1.68. The van der Waals surface area contributed by atoms with Crippen LogP contribution < -0.4 is 19.6 Å². The van der Waals surface area contributed by atoms with Crippen molar-refractivity contribution in [2.24, 2.45) is 4.99 Å². The first-order valence-corrected chi connectivity index (χ1v) is 13.2. The molecule has 2 aromatic heterocycles. The molecule has 0 radical (unpaired) electrons. The quantitative estimate of drug-likeness (QED) is 0.316. The van der Waals surface area contributed by atoms with Crippen LogP contribution in [0.1, 0.15) is 36.8 Å². The highest BCUT2D eigenvalue weighted by Crippen LogP contribution is 2.33. The Bertz CT molecular complexity index is 1760. The zero-order chi connectivity index (χ0) is 27.0. The summed E-state index contributed by atoms with van der Waals surface area (Å²) < 4.78 is 18.7. The Morgan fingerprint density at radius 2 is 2.00 bits per heavy atom. The van der Waals surface area contributed by atoms with Crippen LogP contribution >= 0.6 is 22.9 Å². The fraction of sp³-hybridized carbons (Fsp3) is 0.207. The molecule has 2 aromatic carbocycles. The Morgan fingerprint density at radius 3 is 2.76 bits per heavy atom. The predicted molar refractivity (Wildman–Crippen MR) is 147 cm³/mol. The van der Waals surface area contributed by atoms with Crippen LogP contribution in [0.3, 0.4) is 0 Å². The summed E-state index contributed by atoms with van der Waals surface area (Å²) >= 11 is 7.61. The Hall–Kier alpha value is -3.88. The maximum atomic E-state index is 13.8. The summed E-state index contributed by atoms with van der Waals surface area (Å²) in [6.45, 7) is 5.68. The van der Waals surface area contributed by atoms with E-state index in [4.69, 9.17) is 25.5 Å². The third kappa shape index (κ3) is 4.73. The highest BCUT2D eigenvalue weighted by molar-refractivity contribution is 7.07. The molecule has 0 unspecified atom stereocenters. The second kappa shape index (κ2) is 10.5. The molecule has 3 heterocycles. The number of aromatic nitrogens is 1. The highest BCUT2D eigenvalue weighted by Gasteiger charge is 2.33. The van der Waals surface area contributed by atoms with E-state index in [1.807, 2.05) is 55.5 Å². The number of nitrogens with zero attached hydrogens (tertiary/aromatic N) is 2. The number of methoxy groups -OCH3 is 1. The zero-order valence-corrected chi connectivity index (χ0v) is 22.9. The minimum atomic E-state index is -0.721. The predicted octanol–water partition coefficient (Wildman–Crippen LogP) is 5.03. The molecule has 0 bridgehead atoms. The molecule has 4 aromatic rings. The Morgan fingerprint density at radius 1 is 1.18 bits per heavy atom. The fourth-order valence-electron chi connectivity index (χ4n) is 4.45. The minimum Gasteiger partial charge on any atom is -0.497 e. The number of furan rings is 1. The summed E-state index contributed by atoms with van der Waals surface area (Å²) in [5.74, 6) is 1.21. The summed E-state index contributed by atoms with van der Waals surface area (Å²) in [5.41, 5.74) is 3.07.